The highest BCUT2D eigenvalue weighted by Gasteiger charge is 2.39. The number of nitrogens with zero attached hydrogens (tertiary/aromatic N) is 7. The fourth-order valence-electron chi connectivity index (χ4n) is 6.20. The molecule has 1 aromatic carbocycles. The lowest BCUT2D eigenvalue weighted by Gasteiger charge is -2.42. The maximum atomic E-state index is 14.0. The Hall–Kier alpha value is -3.08. The summed E-state index contributed by atoms with van der Waals surface area (Å²) in [5.41, 5.74) is 0.550. The number of rotatable bonds is 8. The summed E-state index contributed by atoms with van der Waals surface area (Å²) in [6.07, 6.45) is 1.22. The van der Waals surface area contributed by atoms with Crippen molar-refractivity contribution < 1.29 is 22.7 Å². The fraction of sp³-hybridized carbons (Fsp3) is 0.533. The number of allylic oxidation sites excluding steroid dienone is 1. The highest BCUT2D eigenvalue weighted by molar-refractivity contribution is 9.09. The topological polar surface area (TPSA) is 88.8 Å². The van der Waals surface area contributed by atoms with Gasteiger partial charge in [0, 0.05) is 43.1 Å². The van der Waals surface area contributed by atoms with Gasteiger partial charge < -0.3 is 24.3 Å². The molecule has 2 aromatic rings. The first kappa shape index (κ1) is 32.3. The Balaban J connectivity index is 1.47. The zero-order chi connectivity index (χ0) is 31.4. The summed E-state index contributed by atoms with van der Waals surface area (Å²) in [6.45, 7) is 3.04. The summed E-state index contributed by atoms with van der Waals surface area (Å²) < 4.78 is 48.3. The van der Waals surface area contributed by atoms with Gasteiger partial charge in [0.15, 0.2) is 0 Å². The number of likely N-dealkylation sites (N-methyl/N-ethyl adjacent to an activating group) is 1. The molecule has 14 heteroatoms. The third-order valence-electron chi connectivity index (χ3n) is 8.46. The first-order valence-electron chi connectivity index (χ1n) is 14.6. The van der Waals surface area contributed by atoms with Gasteiger partial charge in [-0.25, -0.2) is 0 Å². The average Bonchev–Trinajstić information content (AvgIpc) is 3.41. The van der Waals surface area contributed by atoms with Crippen molar-refractivity contribution in [3.8, 4) is 12.1 Å². The third-order valence-corrected chi connectivity index (χ3v) is 9.15. The van der Waals surface area contributed by atoms with Crippen LogP contribution in [-0.4, -0.2) is 89.5 Å². The Kier molecular flexibility index (Phi) is 10.2. The number of carbonyl (C=O) groups excluding carboxylic acids is 1. The second-order valence-corrected chi connectivity index (χ2v) is 12.3. The number of fused-ring (bicyclic) bond motifs is 1. The molecule has 1 amide bonds. The monoisotopic (exact) mass is 695 g/mol. The standard InChI is InChI=1S/C30H34BrClF3N7O2/c1-39-13-4-5-21(39)19-44-29-37-24-18-40(25-7-2-6-23(32)27(25)30(33,34)35)14-10-22(24)28(38-29)41-15-16-42(20(17-41)9-12-36)26(43)8-3-11-31/h2-3,6-8,20-21H,4-5,9-11,13-19H2,1H3/b8-3+/t20-,21-/m0/s1. The molecule has 2 saturated heterocycles. The van der Waals surface area contributed by atoms with Crippen LogP contribution < -0.4 is 14.5 Å². The number of aromatic nitrogens is 2. The highest BCUT2D eigenvalue weighted by Crippen LogP contribution is 2.43. The van der Waals surface area contributed by atoms with Gasteiger partial charge in [-0.05, 0) is 51.1 Å². The number of anilines is 2. The quantitative estimate of drug-likeness (QED) is 0.280. The Morgan fingerprint density at radius 1 is 1.20 bits per heavy atom. The molecular weight excluding hydrogens is 663 g/mol. The van der Waals surface area contributed by atoms with E-state index < -0.39 is 11.7 Å². The summed E-state index contributed by atoms with van der Waals surface area (Å²) in [7, 11) is 2.05. The van der Waals surface area contributed by atoms with E-state index in [4.69, 9.17) is 26.3 Å². The SMILES string of the molecule is CN1CCC[C@H]1COc1nc2c(c(N3CCN(C(=O)/C=C/CBr)[C@@H](CC#N)C3)n1)CCN(c1cccc(Cl)c1C(F)(F)F)C2. The minimum atomic E-state index is -4.62. The summed E-state index contributed by atoms with van der Waals surface area (Å²) in [6, 6.07) is 6.42. The number of benzene rings is 1. The van der Waals surface area contributed by atoms with Crippen molar-refractivity contribution in [3.05, 3.63) is 52.2 Å². The van der Waals surface area contributed by atoms with Gasteiger partial charge in [-0.2, -0.15) is 28.4 Å². The minimum absolute atomic E-state index is 0.00334. The molecule has 0 radical (unpaired) electrons. The Bertz CT molecular complexity index is 1440. The molecule has 0 N–H and O–H groups in total. The van der Waals surface area contributed by atoms with Crippen molar-refractivity contribution in [2.75, 3.05) is 61.5 Å². The van der Waals surface area contributed by atoms with E-state index >= 15 is 0 Å². The van der Waals surface area contributed by atoms with Crippen LogP contribution in [0.15, 0.2) is 30.4 Å². The van der Waals surface area contributed by atoms with Crippen molar-refractivity contribution in [3.63, 3.8) is 0 Å². The molecule has 44 heavy (non-hydrogen) atoms. The van der Waals surface area contributed by atoms with E-state index in [1.807, 2.05) is 11.9 Å². The molecular formula is C30H34BrClF3N7O2. The lowest BCUT2D eigenvalue weighted by Crippen LogP contribution is -2.55. The van der Waals surface area contributed by atoms with Crippen molar-refractivity contribution >= 4 is 44.9 Å². The van der Waals surface area contributed by atoms with Crippen LogP contribution in [0.1, 0.15) is 36.1 Å². The summed E-state index contributed by atoms with van der Waals surface area (Å²) in [5, 5.41) is 9.74. The van der Waals surface area contributed by atoms with E-state index in [-0.39, 0.29) is 47.7 Å². The van der Waals surface area contributed by atoms with Crippen LogP contribution in [0, 0.1) is 11.3 Å². The predicted octanol–water partition coefficient (Wildman–Crippen LogP) is 5.07. The first-order chi connectivity index (χ1) is 21.1. The summed E-state index contributed by atoms with van der Waals surface area (Å²) >= 11 is 9.33. The number of ether oxygens (including phenoxy) is 1. The van der Waals surface area contributed by atoms with Crippen molar-refractivity contribution in [2.45, 2.75) is 50.5 Å². The van der Waals surface area contributed by atoms with Crippen molar-refractivity contribution in [2.24, 2.45) is 0 Å². The molecule has 3 aliphatic heterocycles. The van der Waals surface area contributed by atoms with Crippen LogP contribution in [-0.2, 0) is 23.9 Å². The number of alkyl halides is 4. The van der Waals surface area contributed by atoms with Gasteiger partial charge >= 0.3 is 12.2 Å². The largest absolute Gasteiger partial charge is 0.462 e. The number of carbonyl (C=O) groups is 1. The van der Waals surface area contributed by atoms with Gasteiger partial charge in [0.05, 0.1) is 47.0 Å². The van der Waals surface area contributed by atoms with E-state index in [1.54, 1.807) is 15.9 Å². The zero-order valence-electron chi connectivity index (χ0n) is 24.4. The average molecular weight is 697 g/mol. The van der Waals surface area contributed by atoms with Crippen LogP contribution in [0.2, 0.25) is 5.02 Å². The molecule has 2 atom stereocenters. The lowest BCUT2D eigenvalue weighted by molar-refractivity contribution is -0.137. The predicted molar refractivity (Wildman–Crippen MR) is 165 cm³/mol. The lowest BCUT2D eigenvalue weighted by atomic mass is 10.0. The van der Waals surface area contributed by atoms with Gasteiger partial charge in [0.1, 0.15) is 12.4 Å². The van der Waals surface area contributed by atoms with Crippen LogP contribution in [0.3, 0.4) is 0 Å². The smallest absolute Gasteiger partial charge is 0.419 e. The van der Waals surface area contributed by atoms with Gasteiger partial charge in [0.2, 0.25) is 5.91 Å². The molecule has 4 heterocycles. The van der Waals surface area contributed by atoms with Gasteiger partial charge in [-0.3, -0.25) is 4.79 Å². The number of likely N-dealkylation sites (tertiary alicyclic amines) is 1. The molecule has 0 bridgehead atoms. The number of halogens is 5. The van der Waals surface area contributed by atoms with Crippen LogP contribution in [0.25, 0.3) is 0 Å². The van der Waals surface area contributed by atoms with Crippen LogP contribution >= 0.6 is 27.5 Å². The van der Waals surface area contributed by atoms with Crippen molar-refractivity contribution in [1.82, 2.24) is 19.8 Å². The van der Waals surface area contributed by atoms with Gasteiger partial charge in [0.25, 0.3) is 0 Å². The van der Waals surface area contributed by atoms with Crippen molar-refractivity contribution in [1.29, 1.82) is 5.26 Å². The van der Waals surface area contributed by atoms with E-state index in [0.29, 0.717) is 56.0 Å². The number of hydrogen-bond acceptors (Lipinski definition) is 8. The molecule has 0 aliphatic carbocycles. The number of amides is 1. The molecule has 3 aliphatic rings. The maximum Gasteiger partial charge on any atom is 0.419 e. The Labute approximate surface area is 268 Å². The van der Waals surface area contributed by atoms with E-state index in [9.17, 15) is 23.2 Å². The summed E-state index contributed by atoms with van der Waals surface area (Å²) in [4.78, 5) is 30.0. The van der Waals surface area contributed by atoms with Gasteiger partial charge in [-0.15, -0.1) is 0 Å². The van der Waals surface area contributed by atoms with E-state index in [1.165, 1.54) is 24.3 Å². The number of hydrogen-bond donors (Lipinski definition) is 0. The fourth-order valence-corrected chi connectivity index (χ4v) is 6.66. The molecule has 1 aromatic heterocycles. The maximum absolute atomic E-state index is 14.0. The van der Waals surface area contributed by atoms with Gasteiger partial charge in [-0.1, -0.05) is 39.7 Å². The molecule has 5 rings (SSSR count). The van der Waals surface area contributed by atoms with Crippen LogP contribution in [0.5, 0.6) is 6.01 Å². The molecule has 0 spiro atoms. The van der Waals surface area contributed by atoms with E-state index in [2.05, 4.69) is 26.9 Å². The second-order valence-electron chi connectivity index (χ2n) is 11.2. The molecule has 9 nitrogen and oxygen atoms in total. The first-order valence-corrected chi connectivity index (χ1v) is 16.1. The number of piperazine rings is 1. The second kappa shape index (κ2) is 13.9. The highest BCUT2D eigenvalue weighted by atomic mass is 79.9. The molecule has 0 saturated carbocycles. The minimum Gasteiger partial charge on any atom is -0.462 e. The number of nitriles is 1. The summed E-state index contributed by atoms with van der Waals surface area (Å²) in [5.74, 6) is 0.481. The Morgan fingerprint density at radius 2 is 2.02 bits per heavy atom. The normalized spacial score (nSPS) is 21.1. The molecule has 2 fully saturated rings. The molecule has 236 valence electrons. The molecule has 0 unspecified atom stereocenters. The van der Waals surface area contributed by atoms with E-state index in [0.717, 1.165) is 24.9 Å². The van der Waals surface area contributed by atoms with Crippen LogP contribution in [0.4, 0.5) is 24.7 Å². The Morgan fingerprint density at radius 3 is 2.73 bits per heavy atom. The zero-order valence-corrected chi connectivity index (χ0v) is 26.7. The third kappa shape index (κ3) is 7.08.